The van der Waals surface area contributed by atoms with Crippen LogP contribution in [0.15, 0.2) is 18.2 Å². The van der Waals surface area contributed by atoms with E-state index < -0.39 is 12.0 Å². The molecule has 3 nitrogen and oxygen atoms in total. The second kappa shape index (κ2) is 3.87. The number of hydrogen-bond acceptors (Lipinski definition) is 2. The third-order valence-electron chi connectivity index (χ3n) is 2.52. The van der Waals surface area contributed by atoms with Gasteiger partial charge in [-0.1, -0.05) is 6.07 Å². The van der Waals surface area contributed by atoms with Gasteiger partial charge >= 0.3 is 6.18 Å². The largest absolute Gasteiger partial charge is 0.449 e. The minimum Gasteiger partial charge on any atom is -0.323 e. The second-order valence-electron chi connectivity index (χ2n) is 3.69. The van der Waals surface area contributed by atoms with Crippen LogP contribution in [0.5, 0.6) is 0 Å². The number of fused-ring (bicyclic) bond motifs is 1. The summed E-state index contributed by atoms with van der Waals surface area (Å²) in [6, 6.07) is 4.66. The van der Waals surface area contributed by atoms with Gasteiger partial charge in [0.05, 0.1) is 11.0 Å². The molecule has 0 atom stereocenters. The Labute approximate surface area is 94.9 Å². The second-order valence-corrected chi connectivity index (χ2v) is 3.69. The van der Waals surface area contributed by atoms with Gasteiger partial charge in [-0.15, -0.1) is 0 Å². The van der Waals surface area contributed by atoms with Crippen LogP contribution in [0.3, 0.4) is 0 Å². The smallest absolute Gasteiger partial charge is 0.323 e. The number of alkyl halides is 3. The molecule has 0 unspecified atom stereocenters. The fraction of sp³-hybridized carbons (Fsp3) is 0.273. The predicted octanol–water partition coefficient (Wildman–Crippen LogP) is 2.33. The number of carbonyl (C=O) groups excluding carboxylic acids is 1. The third-order valence-corrected chi connectivity index (χ3v) is 2.52. The van der Waals surface area contributed by atoms with E-state index in [1.165, 1.54) is 19.2 Å². The van der Waals surface area contributed by atoms with Crippen LogP contribution in [-0.2, 0) is 24.4 Å². The lowest BCUT2D eigenvalue weighted by atomic mass is 10.1. The maximum atomic E-state index is 12.6. The number of hydrogen-bond donors (Lipinski definition) is 0. The van der Waals surface area contributed by atoms with Gasteiger partial charge in [-0.3, -0.25) is 0 Å². The molecule has 90 valence electrons. The fourth-order valence-electron chi connectivity index (χ4n) is 1.72. The van der Waals surface area contributed by atoms with Crippen LogP contribution in [0, 0.1) is 0 Å². The van der Waals surface area contributed by atoms with E-state index in [0.717, 1.165) is 4.57 Å². The fourth-order valence-corrected chi connectivity index (χ4v) is 1.72. The van der Waals surface area contributed by atoms with Gasteiger partial charge in [0, 0.05) is 13.5 Å². The Bertz CT molecular complexity index is 572. The van der Waals surface area contributed by atoms with Gasteiger partial charge in [0.1, 0.15) is 6.29 Å². The minimum atomic E-state index is -4.47. The normalized spacial score (nSPS) is 12.0. The van der Waals surface area contributed by atoms with Gasteiger partial charge in [0.2, 0.25) is 5.82 Å². The zero-order valence-electron chi connectivity index (χ0n) is 8.95. The average molecular weight is 242 g/mol. The summed E-state index contributed by atoms with van der Waals surface area (Å²) in [6.45, 7) is 0. The number of rotatable bonds is 2. The number of halogens is 3. The molecule has 0 aliphatic carbocycles. The molecule has 0 aliphatic heterocycles. The average Bonchev–Trinajstić information content (AvgIpc) is 2.56. The molecule has 1 aromatic heterocycles. The van der Waals surface area contributed by atoms with E-state index >= 15 is 0 Å². The summed E-state index contributed by atoms with van der Waals surface area (Å²) >= 11 is 0. The molecule has 0 saturated carbocycles. The molecule has 0 amide bonds. The lowest BCUT2D eigenvalue weighted by Crippen LogP contribution is -2.12. The highest BCUT2D eigenvalue weighted by Crippen LogP contribution is 2.30. The number of aryl methyl sites for hydroxylation is 1. The van der Waals surface area contributed by atoms with E-state index in [1.807, 2.05) is 0 Å². The lowest BCUT2D eigenvalue weighted by Gasteiger charge is -2.05. The van der Waals surface area contributed by atoms with Crippen LogP contribution < -0.4 is 0 Å². The molecule has 0 saturated heterocycles. The van der Waals surface area contributed by atoms with Crippen LogP contribution in [0.25, 0.3) is 11.0 Å². The van der Waals surface area contributed by atoms with Gasteiger partial charge < -0.3 is 9.36 Å². The van der Waals surface area contributed by atoms with E-state index in [1.54, 1.807) is 6.07 Å². The van der Waals surface area contributed by atoms with Crippen molar-refractivity contribution in [3.05, 3.63) is 29.6 Å². The molecule has 0 bridgehead atoms. The van der Waals surface area contributed by atoms with Crippen molar-refractivity contribution in [3.63, 3.8) is 0 Å². The highest BCUT2D eigenvalue weighted by Gasteiger charge is 2.36. The maximum absolute atomic E-state index is 12.6. The van der Waals surface area contributed by atoms with Crippen molar-refractivity contribution in [1.82, 2.24) is 9.55 Å². The maximum Gasteiger partial charge on any atom is 0.449 e. The van der Waals surface area contributed by atoms with Crippen molar-refractivity contribution < 1.29 is 18.0 Å². The number of imidazole rings is 1. The van der Waals surface area contributed by atoms with Gasteiger partial charge in [-0.2, -0.15) is 13.2 Å². The van der Waals surface area contributed by atoms with Gasteiger partial charge in [0.25, 0.3) is 0 Å². The zero-order chi connectivity index (χ0) is 12.6. The van der Waals surface area contributed by atoms with Crippen molar-refractivity contribution in [1.29, 1.82) is 0 Å². The summed E-state index contributed by atoms with van der Waals surface area (Å²) in [7, 11) is 1.32. The zero-order valence-corrected chi connectivity index (χ0v) is 8.95. The summed E-state index contributed by atoms with van der Waals surface area (Å²) in [5.41, 5.74) is 1.30. The Morgan fingerprint density at radius 1 is 1.41 bits per heavy atom. The molecular weight excluding hydrogens is 233 g/mol. The molecule has 1 aromatic carbocycles. The molecular formula is C11H9F3N2O. The Morgan fingerprint density at radius 3 is 2.71 bits per heavy atom. The summed E-state index contributed by atoms with van der Waals surface area (Å²) in [5, 5.41) is 0. The first-order valence-electron chi connectivity index (χ1n) is 4.89. The van der Waals surface area contributed by atoms with E-state index in [-0.39, 0.29) is 11.9 Å². The number of aromatic nitrogens is 2. The molecule has 0 fully saturated rings. The number of aldehydes is 1. The Morgan fingerprint density at radius 2 is 2.12 bits per heavy atom. The van der Waals surface area contributed by atoms with Crippen LogP contribution in [-0.4, -0.2) is 15.8 Å². The number of carbonyl (C=O) groups is 1. The quantitative estimate of drug-likeness (QED) is 0.757. The molecule has 0 aliphatic rings. The summed E-state index contributed by atoms with van der Waals surface area (Å²) in [5.74, 6) is -0.934. The molecule has 17 heavy (non-hydrogen) atoms. The number of nitrogens with zero attached hydrogens (tertiary/aromatic N) is 2. The van der Waals surface area contributed by atoms with Crippen LogP contribution in [0.4, 0.5) is 13.2 Å². The molecule has 6 heteroatoms. The topological polar surface area (TPSA) is 34.9 Å². The SMILES string of the molecule is Cn1c(C(F)(F)F)nc2cc(CC=O)ccc21. The van der Waals surface area contributed by atoms with Crippen molar-refractivity contribution in [2.75, 3.05) is 0 Å². The first-order valence-corrected chi connectivity index (χ1v) is 4.89. The van der Waals surface area contributed by atoms with Crippen molar-refractivity contribution >= 4 is 17.3 Å². The lowest BCUT2D eigenvalue weighted by molar-refractivity contribution is -0.146. The Kier molecular flexibility index (Phi) is 2.65. The third kappa shape index (κ3) is 2.02. The van der Waals surface area contributed by atoms with E-state index in [4.69, 9.17) is 0 Å². The summed E-state index contributed by atoms with van der Waals surface area (Å²) < 4.78 is 38.8. The Balaban J connectivity index is 2.61. The highest BCUT2D eigenvalue weighted by molar-refractivity contribution is 5.77. The molecule has 0 radical (unpaired) electrons. The first-order chi connectivity index (χ1) is 7.93. The predicted molar refractivity (Wildman–Crippen MR) is 55.5 cm³/mol. The summed E-state index contributed by atoms with van der Waals surface area (Å²) in [6.07, 6.45) is -3.60. The standard InChI is InChI=1S/C11H9F3N2O/c1-16-9-3-2-7(4-5-17)6-8(9)15-10(16)11(12,13)14/h2-3,5-6H,4H2,1H3. The van der Waals surface area contributed by atoms with Gasteiger partial charge in [-0.05, 0) is 17.7 Å². The molecule has 2 aromatic rings. The van der Waals surface area contributed by atoms with Crippen molar-refractivity contribution in [2.24, 2.45) is 7.05 Å². The van der Waals surface area contributed by atoms with Crippen LogP contribution in [0.1, 0.15) is 11.4 Å². The first kappa shape index (κ1) is 11.6. The van der Waals surface area contributed by atoms with E-state index in [9.17, 15) is 18.0 Å². The molecule has 1 heterocycles. The molecule has 0 N–H and O–H groups in total. The highest BCUT2D eigenvalue weighted by atomic mass is 19.4. The van der Waals surface area contributed by atoms with Crippen molar-refractivity contribution in [3.8, 4) is 0 Å². The van der Waals surface area contributed by atoms with Gasteiger partial charge in [0.15, 0.2) is 0 Å². The molecule has 2 rings (SSSR count). The van der Waals surface area contributed by atoms with E-state index in [0.29, 0.717) is 17.4 Å². The van der Waals surface area contributed by atoms with Crippen molar-refractivity contribution in [2.45, 2.75) is 12.6 Å². The Hall–Kier alpha value is -1.85. The monoisotopic (exact) mass is 242 g/mol. The van der Waals surface area contributed by atoms with Crippen LogP contribution >= 0.6 is 0 Å². The van der Waals surface area contributed by atoms with E-state index in [2.05, 4.69) is 4.98 Å². The number of benzene rings is 1. The molecule has 0 spiro atoms. The van der Waals surface area contributed by atoms with Crippen LogP contribution in [0.2, 0.25) is 0 Å². The summed E-state index contributed by atoms with van der Waals surface area (Å²) in [4.78, 5) is 13.9. The van der Waals surface area contributed by atoms with Gasteiger partial charge in [-0.25, -0.2) is 4.98 Å². The minimum absolute atomic E-state index is 0.174.